The third kappa shape index (κ3) is 2.45. The molecule has 1 fully saturated rings. The van der Waals surface area contributed by atoms with Gasteiger partial charge in [-0.15, -0.1) is 0 Å². The van der Waals surface area contributed by atoms with Gasteiger partial charge >= 0.3 is 0 Å². The Kier molecular flexibility index (Phi) is 3.97. The van der Waals surface area contributed by atoms with Crippen molar-refractivity contribution in [1.82, 2.24) is 10.6 Å². The predicted octanol–water partition coefficient (Wildman–Crippen LogP) is 1.92. The summed E-state index contributed by atoms with van der Waals surface area (Å²) in [4.78, 5) is 0. The third-order valence-corrected chi connectivity index (χ3v) is 3.66. The molecule has 2 heteroatoms. The smallest absolute Gasteiger partial charge is 0.0102 e. The normalized spacial score (nSPS) is 19.6. The van der Waals surface area contributed by atoms with Crippen molar-refractivity contribution in [3.63, 3.8) is 0 Å². The van der Waals surface area contributed by atoms with Crippen LogP contribution in [0.1, 0.15) is 25.3 Å². The molecule has 0 aliphatic carbocycles. The van der Waals surface area contributed by atoms with Crippen LogP contribution in [0, 0.1) is 0 Å². The van der Waals surface area contributed by atoms with Crippen LogP contribution in [0.5, 0.6) is 0 Å². The maximum Gasteiger partial charge on any atom is 0.0102 e. The summed E-state index contributed by atoms with van der Waals surface area (Å²) in [6, 6.07) is 11.0. The standard InChI is InChI=1S/C14H22N2/c1-2-15-12-14(8-10-16-11-9-14)13-6-4-3-5-7-13/h3-7,15-16H,2,8-12H2,1H3. The maximum absolute atomic E-state index is 3.53. The van der Waals surface area contributed by atoms with Gasteiger partial charge < -0.3 is 10.6 Å². The largest absolute Gasteiger partial charge is 0.317 e. The third-order valence-electron chi connectivity index (χ3n) is 3.66. The van der Waals surface area contributed by atoms with Crippen LogP contribution in [0.3, 0.4) is 0 Å². The number of hydrogen-bond acceptors (Lipinski definition) is 2. The lowest BCUT2D eigenvalue weighted by Crippen LogP contribution is -2.46. The van der Waals surface area contributed by atoms with E-state index in [4.69, 9.17) is 0 Å². The lowest BCUT2D eigenvalue weighted by atomic mass is 9.73. The van der Waals surface area contributed by atoms with E-state index in [0.29, 0.717) is 5.41 Å². The van der Waals surface area contributed by atoms with Gasteiger partial charge in [-0.3, -0.25) is 0 Å². The number of rotatable bonds is 4. The molecular weight excluding hydrogens is 196 g/mol. The molecule has 0 bridgehead atoms. The van der Waals surface area contributed by atoms with Gasteiger partial charge in [0.25, 0.3) is 0 Å². The topological polar surface area (TPSA) is 24.1 Å². The van der Waals surface area contributed by atoms with E-state index >= 15 is 0 Å². The monoisotopic (exact) mass is 218 g/mol. The molecule has 1 aromatic carbocycles. The summed E-state index contributed by atoms with van der Waals surface area (Å²) in [6.07, 6.45) is 2.48. The molecule has 0 radical (unpaired) electrons. The molecule has 2 rings (SSSR count). The van der Waals surface area contributed by atoms with E-state index in [-0.39, 0.29) is 0 Å². The summed E-state index contributed by atoms with van der Waals surface area (Å²) in [5, 5.41) is 6.99. The first-order chi connectivity index (χ1) is 7.87. The van der Waals surface area contributed by atoms with Crippen LogP contribution in [0.2, 0.25) is 0 Å². The fourth-order valence-electron chi connectivity index (χ4n) is 2.63. The number of piperidine rings is 1. The van der Waals surface area contributed by atoms with Crippen LogP contribution >= 0.6 is 0 Å². The fraction of sp³-hybridized carbons (Fsp3) is 0.571. The molecule has 0 spiro atoms. The molecule has 88 valence electrons. The number of nitrogens with one attached hydrogen (secondary N) is 2. The molecule has 2 N–H and O–H groups in total. The Morgan fingerprint density at radius 2 is 1.88 bits per heavy atom. The van der Waals surface area contributed by atoms with Crippen LogP contribution in [0.15, 0.2) is 30.3 Å². The highest BCUT2D eigenvalue weighted by Gasteiger charge is 2.32. The lowest BCUT2D eigenvalue weighted by Gasteiger charge is -2.38. The van der Waals surface area contributed by atoms with Gasteiger partial charge in [0.1, 0.15) is 0 Å². The van der Waals surface area contributed by atoms with Crippen LogP contribution in [-0.2, 0) is 5.41 Å². The Labute approximate surface area is 98.4 Å². The summed E-state index contributed by atoms with van der Waals surface area (Å²) in [5.41, 5.74) is 1.85. The molecular formula is C14H22N2. The minimum Gasteiger partial charge on any atom is -0.317 e. The highest BCUT2D eigenvalue weighted by atomic mass is 14.9. The van der Waals surface area contributed by atoms with Gasteiger partial charge in [0, 0.05) is 12.0 Å². The summed E-state index contributed by atoms with van der Waals surface area (Å²) in [7, 11) is 0. The summed E-state index contributed by atoms with van der Waals surface area (Å²) in [6.45, 7) is 6.62. The Hall–Kier alpha value is -0.860. The van der Waals surface area contributed by atoms with Gasteiger partial charge in [0.2, 0.25) is 0 Å². The van der Waals surface area contributed by atoms with Gasteiger partial charge in [-0.05, 0) is 38.0 Å². The predicted molar refractivity (Wildman–Crippen MR) is 68.8 cm³/mol. The molecule has 2 nitrogen and oxygen atoms in total. The van der Waals surface area contributed by atoms with Crippen molar-refractivity contribution in [2.75, 3.05) is 26.2 Å². The first-order valence-corrected chi connectivity index (χ1v) is 6.34. The van der Waals surface area contributed by atoms with E-state index in [1.165, 1.54) is 18.4 Å². The van der Waals surface area contributed by atoms with Gasteiger partial charge in [-0.25, -0.2) is 0 Å². The highest BCUT2D eigenvalue weighted by molar-refractivity contribution is 5.26. The minimum atomic E-state index is 0.350. The first kappa shape index (κ1) is 11.6. The second-order valence-electron chi connectivity index (χ2n) is 4.68. The van der Waals surface area contributed by atoms with Crippen LogP contribution in [-0.4, -0.2) is 26.2 Å². The van der Waals surface area contributed by atoms with Crippen molar-refractivity contribution in [2.45, 2.75) is 25.2 Å². The second-order valence-corrected chi connectivity index (χ2v) is 4.68. The molecule has 0 aromatic heterocycles. The highest BCUT2D eigenvalue weighted by Crippen LogP contribution is 2.32. The summed E-state index contributed by atoms with van der Waals surface area (Å²) in [5.74, 6) is 0. The zero-order chi connectivity index (χ0) is 11.3. The van der Waals surface area contributed by atoms with Gasteiger partial charge in [0.05, 0.1) is 0 Å². The molecule has 0 atom stereocenters. The van der Waals surface area contributed by atoms with Crippen LogP contribution < -0.4 is 10.6 Å². The number of hydrogen-bond donors (Lipinski definition) is 2. The zero-order valence-electron chi connectivity index (χ0n) is 10.1. The molecule has 1 saturated heterocycles. The van der Waals surface area contributed by atoms with Crippen molar-refractivity contribution in [1.29, 1.82) is 0 Å². The Bertz CT molecular complexity index is 302. The molecule has 1 aromatic rings. The van der Waals surface area contributed by atoms with Crippen molar-refractivity contribution in [2.24, 2.45) is 0 Å². The Balaban J connectivity index is 2.19. The van der Waals surface area contributed by atoms with Gasteiger partial charge in [-0.2, -0.15) is 0 Å². The van der Waals surface area contributed by atoms with E-state index in [9.17, 15) is 0 Å². The molecule has 0 saturated carbocycles. The van der Waals surface area contributed by atoms with E-state index in [2.05, 4.69) is 47.9 Å². The van der Waals surface area contributed by atoms with Crippen LogP contribution in [0.25, 0.3) is 0 Å². The minimum absolute atomic E-state index is 0.350. The van der Waals surface area contributed by atoms with Gasteiger partial charge in [0.15, 0.2) is 0 Å². The summed E-state index contributed by atoms with van der Waals surface area (Å²) >= 11 is 0. The molecule has 0 unspecified atom stereocenters. The average molecular weight is 218 g/mol. The van der Waals surface area contributed by atoms with E-state index in [0.717, 1.165) is 26.2 Å². The van der Waals surface area contributed by atoms with Crippen molar-refractivity contribution >= 4 is 0 Å². The van der Waals surface area contributed by atoms with E-state index < -0.39 is 0 Å². The fourth-order valence-corrected chi connectivity index (χ4v) is 2.63. The number of benzene rings is 1. The SMILES string of the molecule is CCNCC1(c2ccccc2)CCNCC1. The quantitative estimate of drug-likeness (QED) is 0.807. The molecule has 16 heavy (non-hydrogen) atoms. The Morgan fingerprint density at radius 1 is 1.19 bits per heavy atom. The summed E-state index contributed by atoms with van der Waals surface area (Å²) < 4.78 is 0. The number of likely N-dealkylation sites (N-methyl/N-ethyl adjacent to an activating group) is 1. The lowest BCUT2D eigenvalue weighted by molar-refractivity contribution is 0.295. The molecule has 1 heterocycles. The van der Waals surface area contributed by atoms with E-state index in [1.54, 1.807) is 0 Å². The maximum atomic E-state index is 3.53. The van der Waals surface area contributed by atoms with Gasteiger partial charge in [-0.1, -0.05) is 37.3 Å². The van der Waals surface area contributed by atoms with Crippen LogP contribution in [0.4, 0.5) is 0 Å². The Morgan fingerprint density at radius 3 is 2.50 bits per heavy atom. The van der Waals surface area contributed by atoms with Crippen molar-refractivity contribution < 1.29 is 0 Å². The average Bonchev–Trinajstić information content (AvgIpc) is 2.38. The van der Waals surface area contributed by atoms with Crippen molar-refractivity contribution in [3.8, 4) is 0 Å². The molecule has 1 aliphatic heterocycles. The van der Waals surface area contributed by atoms with E-state index in [1.807, 2.05) is 0 Å². The second kappa shape index (κ2) is 5.46. The first-order valence-electron chi connectivity index (χ1n) is 6.34. The zero-order valence-corrected chi connectivity index (χ0v) is 10.1. The van der Waals surface area contributed by atoms with Crippen molar-refractivity contribution in [3.05, 3.63) is 35.9 Å². The molecule has 0 amide bonds. The molecule has 1 aliphatic rings.